The average Bonchev–Trinajstić information content (AvgIpc) is 2.36. The van der Waals surface area contributed by atoms with Gasteiger partial charge in [0.05, 0.1) is 12.8 Å². The van der Waals surface area contributed by atoms with Crippen molar-refractivity contribution < 1.29 is 19.1 Å². The number of allylic oxidation sites excluding steroid dienone is 1. The van der Waals surface area contributed by atoms with E-state index < -0.39 is 11.7 Å². The summed E-state index contributed by atoms with van der Waals surface area (Å²) in [5, 5.41) is 2.55. The van der Waals surface area contributed by atoms with Crippen LogP contribution in [0.15, 0.2) is 30.9 Å². The molecule has 0 saturated carbocycles. The standard InChI is InChI=1S/C15H19NO4/c1-6-13(17)11-9-10(19-5)7-8-12(11)16-14(18)20-15(2,3)4/h6-9H,1H2,2-5H3,(H,16,18). The number of methoxy groups -OCH3 is 1. The van der Waals surface area contributed by atoms with E-state index in [4.69, 9.17) is 9.47 Å². The van der Waals surface area contributed by atoms with Gasteiger partial charge in [-0.25, -0.2) is 4.79 Å². The van der Waals surface area contributed by atoms with Gasteiger partial charge in [-0.15, -0.1) is 0 Å². The molecule has 0 heterocycles. The van der Waals surface area contributed by atoms with Crippen LogP contribution in [-0.4, -0.2) is 24.6 Å². The highest BCUT2D eigenvalue weighted by molar-refractivity contribution is 6.10. The van der Waals surface area contributed by atoms with Crippen molar-refractivity contribution in [2.75, 3.05) is 12.4 Å². The van der Waals surface area contributed by atoms with Crippen LogP contribution in [0.2, 0.25) is 0 Å². The van der Waals surface area contributed by atoms with Gasteiger partial charge in [-0.3, -0.25) is 10.1 Å². The van der Waals surface area contributed by atoms with Crippen LogP contribution in [0.5, 0.6) is 5.75 Å². The third kappa shape index (κ3) is 4.42. The number of carbonyl (C=O) groups excluding carboxylic acids is 2. The minimum absolute atomic E-state index is 0.296. The Kier molecular flexibility index (Phi) is 4.91. The van der Waals surface area contributed by atoms with Gasteiger partial charge in [0.25, 0.3) is 0 Å². The predicted octanol–water partition coefficient (Wildman–Crippen LogP) is 3.41. The lowest BCUT2D eigenvalue weighted by molar-refractivity contribution is 0.0636. The Labute approximate surface area is 118 Å². The highest BCUT2D eigenvalue weighted by Crippen LogP contribution is 2.23. The van der Waals surface area contributed by atoms with Crippen molar-refractivity contribution in [1.29, 1.82) is 0 Å². The molecule has 5 heteroatoms. The summed E-state index contributed by atoms with van der Waals surface area (Å²) in [7, 11) is 1.50. The average molecular weight is 277 g/mol. The highest BCUT2D eigenvalue weighted by Gasteiger charge is 2.18. The van der Waals surface area contributed by atoms with Crippen molar-refractivity contribution in [3.8, 4) is 5.75 Å². The molecule has 0 radical (unpaired) electrons. The minimum Gasteiger partial charge on any atom is -0.497 e. The molecular weight excluding hydrogens is 258 g/mol. The number of anilines is 1. The maximum Gasteiger partial charge on any atom is 0.412 e. The van der Waals surface area contributed by atoms with Crippen molar-refractivity contribution in [3.05, 3.63) is 36.4 Å². The van der Waals surface area contributed by atoms with Crippen LogP contribution in [-0.2, 0) is 4.74 Å². The number of benzene rings is 1. The summed E-state index contributed by atoms with van der Waals surface area (Å²) in [6.45, 7) is 8.72. The number of rotatable bonds is 4. The topological polar surface area (TPSA) is 64.6 Å². The van der Waals surface area contributed by atoms with Crippen molar-refractivity contribution in [3.63, 3.8) is 0 Å². The Balaban J connectivity index is 3.02. The van der Waals surface area contributed by atoms with Crippen molar-refractivity contribution in [1.82, 2.24) is 0 Å². The Morgan fingerprint density at radius 2 is 1.95 bits per heavy atom. The largest absolute Gasteiger partial charge is 0.497 e. The second kappa shape index (κ2) is 6.23. The molecule has 0 aliphatic heterocycles. The first-order valence-corrected chi connectivity index (χ1v) is 6.11. The number of nitrogens with one attached hydrogen (secondary N) is 1. The maximum atomic E-state index is 11.8. The second-order valence-corrected chi connectivity index (χ2v) is 5.11. The van der Waals surface area contributed by atoms with Gasteiger partial charge in [0.2, 0.25) is 0 Å². The maximum absolute atomic E-state index is 11.8. The van der Waals surface area contributed by atoms with Crippen LogP contribution in [0.3, 0.4) is 0 Å². The molecule has 1 amide bonds. The summed E-state index contributed by atoms with van der Waals surface area (Å²) in [4.78, 5) is 23.5. The SMILES string of the molecule is C=CC(=O)c1cc(OC)ccc1NC(=O)OC(C)(C)C. The van der Waals surface area contributed by atoms with Gasteiger partial charge in [0.15, 0.2) is 5.78 Å². The molecule has 0 bridgehead atoms. The molecule has 0 aliphatic rings. The molecule has 20 heavy (non-hydrogen) atoms. The van der Waals surface area contributed by atoms with Gasteiger partial charge in [-0.2, -0.15) is 0 Å². The molecule has 0 fully saturated rings. The lowest BCUT2D eigenvalue weighted by Crippen LogP contribution is -2.27. The predicted molar refractivity (Wildman–Crippen MR) is 77.4 cm³/mol. The van der Waals surface area contributed by atoms with Gasteiger partial charge < -0.3 is 9.47 Å². The van der Waals surface area contributed by atoms with Crippen LogP contribution in [0, 0.1) is 0 Å². The van der Waals surface area contributed by atoms with E-state index in [1.165, 1.54) is 19.3 Å². The fourth-order valence-electron chi connectivity index (χ4n) is 1.49. The molecule has 0 aliphatic carbocycles. The van der Waals surface area contributed by atoms with E-state index in [-0.39, 0.29) is 5.78 Å². The summed E-state index contributed by atoms with van der Waals surface area (Å²) < 4.78 is 10.2. The van der Waals surface area contributed by atoms with Crippen molar-refractivity contribution in [2.24, 2.45) is 0 Å². The van der Waals surface area contributed by atoms with E-state index in [1.54, 1.807) is 32.9 Å². The van der Waals surface area contributed by atoms with E-state index >= 15 is 0 Å². The zero-order chi connectivity index (χ0) is 15.3. The van der Waals surface area contributed by atoms with Gasteiger partial charge in [-0.1, -0.05) is 6.58 Å². The Bertz CT molecular complexity index is 529. The van der Waals surface area contributed by atoms with Crippen LogP contribution >= 0.6 is 0 Å². The Morgan fingerprint density at radius 1 is 1.30 bits per heavy atom. The first-order valence-electron chi connectivity index (χ1n) is 6.11. The number of amides is 1. The second-order valence-electron chi connectivity index (χ2n) is 5.11. The van der Waals surface area contributed by atoms with E-state index in [0.717, 1.165) is 0 Å². The molecule has 1 rings (SSSR count). The molecule has 0 atom stereocenters. The van der Waals surface area contributed by atoms with E-state index in [2.05, 4.69) is 11.9 Å². The lowest BCUT2D eigenvalue weighted by atomic mass is 10.1. The molecule has 1 aromatic carbocycles. The summed E-state index contributed by atoms with van der Waals surface area (Å²) in [6, 6.07) is 4.77. The fraction of sp³-hybridized carbons (Fsp3) is 0.333. The Hall–Kier alpha value is -2.30. The van der Waals surface area contributed by atoms with Crippen LogP contribution in [0.4, 0.5) is 10.5 Å². The number of ketones is 1. The summed E-state index contributed by atoms with van der Waals surface area (Å²) in [6.07, 6.45) is 0.551. The summed E-state index contributed by atoms with van der Waals surface area (Å²) >= 11 is 0. The van der Waals surface area contributed by atoms with Gasteiger partial charge in [-0.05, 0) is 45.0 Å². The van der Waals surface area contributed by atoms with E-state index in [0.29, 0.717) is 17.0 Å². The fourth-order valence-corrected chi connectivity index (χ4v) is 1.49. The molecule has 0 saturated heterocycles. The minimum atomic E-state index is -0.624. The zero-order valence-electron chi connectivity index (χ0n) is 12.1. The number of ether oxygens (including phenoxy) is 2. The molecule has 1 aromatic rings. The van der Waals surface area contributed by atoms with E-state index in [1.807, 2.05) is 0 Å². The van der Waals surface area contributed by atoms with Crippen LogP contribution in [0.25, 0.3) is 0 Å². The van der Waals surface area contributed by atoms with Crippen molar-refractivity contribution in [2.45, 2.75) is 26.4 Å². The van der Waals surface area contributed by atoms with Crippen LogP contribution < -0.4 is 10.1 Å². The van der Waals surface area contributed by atoms with Gasteiger partial charge in [0, 0.05) is 5.56 Å². The molecule has 0 unspecified atom stereocenters. The summed E-state index contributed by atoms with van der Waals surface area (Å²) in [5.41, 5.74) is 0.0364. The molecular formula is C15H19NO4. The first kappa shape index (κ1) is 15.8. The highest BCUT2D eigenvalue weighted by atomic mass is 16.6. The quantitative estimate of drug-likeness (QED) is 0.676. The molecule has 0 aromatic heterocycles. The van der Waals surface area contributed by atoms with Gasteiger partial charge in [0.1, 0.15) is 11.4 Å². The molecule has 0 spiro atoms. The smallest absolute Gasteiger partial charge is 0.412 e. The van der Waals surface area contributed by atoms with E-state index in [9.17, 15) is 9.59 Å². The first-order chi connectivity index (χ1) is 9.26. The zero-order valence-corrected chi connectivity index (χ0v) is 12.1. The normalized spacial score (nSPS) is 10.6. The third-order valence-corrected chi connectivity index (χ3v) is 2.31. The molecule has 5 nitrogen and oxygen atoms in total. The molecule has 108 valence electrons. The number of hydrogen-bond donors (Lipinski definition) is 1. The Morgan fingerprint density at radius 3 is 2.45 bits per heavy atom. The number of carbonyl (C=O) groups is 2. The third-order valence-electron chi connectivity index (χ3n) is 2.31. The van der Waals surface area contributed by atoms with Crippen LogP contribution in [0.1, 0.15) is 31.1 Å². The monoisotopic (exact) mass is 277 g/mol. The lowest BCUT2D eigenvalue weighted by Gasteiger charge is -2.20. The van der Waals surface area contributed by atoms with Crippen molar-refractivity contribution >= 4 is 17.6 Å². The number of hydrogen-bond acceptors (Lipinski definition) is 4. The molecule has 1 N–H and O–H groups in total. The summed E-state index contributed by atoms with van der Waals surface area (Å²) in [5.74, 6) is 0.208. The van der Waals surface area contributed by atoms with Gasteiger partial charge >= 0.3 is 6.09 Å².